The fourth-order valence-corrected chi connectivity index (χ4v) is 8.39. The van der Waals surface area contributed by atoms with Crippen molar-refractivity contribution in [3.8, 4) is 44.5 Å². The quantitative estimate of drug-likeness (QED) is 0.135. The third kappa shape index (κ3) is 8.99. The number of benzene rings is 6. The molecule has 4 heterocycles. The van der Waals surface area contributed by atoms with Gasteiger partial charge in [-0.3, -0.25) is 9.97 Å². The number of hydrogen-bond acceptors (Lipinski definition) is 10. The van der Waals surface area contributed by atoms with E-state index in [4.69, 9.17) is 0 Å². The number of fused-ring (bicyclic) bond motifs is 6. The molecule has 62 heavy (non-hydrogen) atoms. The first-order valence-electron chi connectivity index (χ1n) is 18.6. The summed E-state index contributed by atoms with van der Waals surface area (Å²) in [5, 5.41) is 2.13. The van der Waals surface area contributed by atoms with Crippen LogP contribution < -0.4 is 59.1 Å². The van der Waals surface area contributed by atoms with Crippen molar-refractivity contribution in [1.29, 1.82) is 0 Å². The molecule has 10 aromatic rings. The van der Waals surface area contributed by atoms with E-state index in [0.717, 1.165) is 54.9 Å². The smallest absolute Gasteiger partial charge is 0.743 e. The van der Waals surface area contributed by atoms with Crippen molar-refractivity contribution in [3.63, 3.8) is 0 Å². The van der Waals surface area contributed by atoms with Crippen LogP contribution in [0.15, 0.2) is 192 Å². The molecule has 0 spiro atoms. The van der Waals surface area contributed by atoms with Gasteiger partial charge in [0.2, 0.25) is 0 Å². The van der Waals surface area contributed by atoms with Crippen molar-refractivity contribution in [2.75, 3.05) is 0 Å². The Hall–Kier alpha value is -5.22. The standard InChI is InChI=1S/2C24H16N2O3S.2Na/c2*27-30(28,29)22-15-21(17-9-5-2-6-10-17)20-12-11-19-18(16-7-3-1-4-8-16)13-14-25-23(19)24(20)26-22;;/h2*1-15H,(H,27,28,29);;/q;;2*+1/p-2. The summed E-state index contributed by atoms with van der Waals surface area (Å²) in [6.07, 6.45) is 3.35. The number of pyridine rings is 4. The van der Waals surface area contributed by atoms with Gasteiger partial charge in [-0.15, -0.1) is 0 Å². The molecule has 0 atom stereocenters. The molecule has 0 saturated heterocycles. The van der Waals surface area contributed by atoms with Crippen molar-refractivity contribution in [1.82, 2.24) is 19.9 Å². The average molecular weight is 869 g/mol. The Bertz CT molecular complexity index is 3250. The Morgan fingerprint density at radius 3 is 0.903 bits per heavy atom. The van der Waals surface area contributed by atoms with Gasteiger partial charge in [-0.05, 0) is 68.8 Å². The number of rotatable bonds is 6. The van der Waals surface area contributed by atoms with Gasteiger partial charge in [-0.25, -0.2) is 26.8 Å². The van der Waals surface area contributed by atoms with E-state index in [2.05, 4.69) is 19.9 Å². The SMILES string of the molecule is O=S(=O)([O-])c1cc(-c2ccccc2)c2ccc3c(-c4ccccc4)ccnc3c2n1.O=S(=O)([O-])c1cc(-c2ccccc2)c2ccc3c(-c4ccccc4)ccnc3c2n1.[Na+].[Na+]. The molecule has 0 bridgehead atoms. The fraction of sp³-hybridized carbons (Fsp3) is 0. The molecule has 14 heteroatoms. The summed E-state index contributed by atoms with van der Waals surface area (Å²) in [4.78, 5) is 17.5. The molecule has 0 unspecified atom stereocenters. The van der Waals surface area contributed by atoms with Crippen LogP contribution in [-0.4, -0.2) is 45.9 Å². The van der Waals surface area contributed by atoms with Crippen LogP contribution in [0.1, 0.15) is 0 Å². The Labute approximate surface area is 401 Å². The van der Waals surface area contributed by atoms with Gasteiger partial charge in [0.25, 0.3) is 0 Å². The van der Waals surface area contributed by atoms with Crippen molar-refractivity contribution in [3.05, 3.63) is 182 Å². The molecule has 0 aliphatic rings. The molecular formula is C48H30N4Na2O6S2. The summed E-state index contributed by atoms with van der Waals surface area (Å²) in [5.74, 6) is 0. The Morgan fingerprint density at radius 2 is 0.613 bits per heavy atom. The Balaban J connectivity index is 0.000000181. The van der Waals surface area contributed by atoms with Crippen molar-refractivity contribution < 1.29 is 85.1 Å². The van der Waals surface area contributed by atoms with Crippen molar-refractivity contribution in [2.24, 2.45) is 0 Å². The maximum Gasteiger partial charge on any atom is 1.00 e. The summed E-state index contributed by atoms with van der Waals surface area (Å²) in [6, 6.07) is 52.6. The first-order valence-corrected chi connectivity index (χ1v) is 21.4. The predicted octanol–water partition coefficient (Wildman–Crippen LogP) is 4.05. The Morgan fingerprint density at radius 1 is 0.339 bits per heavy atom. The van der Waals surface area contributed by atoms with Crippen LogP contribution in [0.5, 0.6) is 0 Å². The Kier molecular flexibility index (Phi) is 13.5. The summed E-state index contributed by atoms with van der Waals surface area (Å²) in [7, 11) is -9.49. The van der Waals surface area contributed by atoms with Gasteiger partial charge >= 0.3 is 59.1 Å². The van der Waals surface area contributed by atoms with Crippen LogP contribution in [0, 0.1) is 0 Å². The van der Waals surface area contributed by atoms with E-state index in [1.165, 1.54) is 12.1 Å². The van der Waals surface area contributed by atoms with E-state index >= 15 is 0 Å². The molecule has 0 amide bonds. The van der Waals surface area contributed by atoms with Crippen LogP contribution in [0.4, 0.5) is 0 Å². The predicted molar refractivity (Wildman–Crippen MR) is 232 cm³/mol. The molecule has 0 aliphatic heterocycles. The third-order valence-corrected chi connectivity index (χ3v) is 11.6. The fourth-order valence-electron chi connectivity index (χ4n) is 7.46. The second-order valence-electron chi connectivity index (χ2n) is 13.8. The molecule has 0 N–H and O–H groups in total. The molecule has 10 rings (SSSR count). The molecule has 10 nitrogen and oxygen atoms in total. The minimum Gasteiger partial charge on any atom is -0.743 e. The molecule has 0 fully saturated rings. The van der Waals surface area contributed by atoms with Crippen LogP contribution in [0.2, 0.25) is 0 Å². The van der Waals surface area contributed by atoms with Gasteiger partial charge in [0.05, 0.1) is 22.1 Å². The van der Waals surface area contributed by atoms with Crippen molar-refractivity contribution in [2.45, 2.75) is 10.1 Å². The molecule has 0 radical (unpaired) electrons. The zero-order chi connectivity index (χ0) is 41.4. The summed E-state index contributed by atoms with van der Waals surface area (Å²) in [5.41, 5.74) is 8.69. The second kappa shape index (κ2) is 18.6. The zero-order valence-corrected chi connectivity index (χ0v) is 39.0. The largest absolute Gasteiger partial charge is 1.00 e. The van der Waals surface area contributed by atoms with Crippen LogP contribution >= 0.6 is 0 Å². The molecular weight excluding hydrogens is 839 g/mol. The van der Waals surface area contributed by atoms with E-state index in [1.54, 1.807) is 12.4 Å². The van der Waals surface area contributed by atoms with Gasteiger partial charge in [0.15, 0.2) is 0 Å². The van der Waals surface area contributed by atoms with Crippen molar-refractivity contribution >= 4 is 63.8 Å². The van der Waals surface area contributed by atoms with E-state index in [0.29, 0.717) is 33.2 Å². The maximum absolute atomic E-state index is 11.8. The second-order valence-corrected chi connectivity index (χ2v) is 16.5. The molecule has 6 aromatic carbocycles. The van der Waals surface area contributed by atoms with Gasteiger partial charge in [0.1, 0.15) is 30.3 Å². The molecule has 4 aromatic heterocycles. The first kappa shape index (κ1) is 44.8. The monoisotopic (exact) mass is 868 g/mol. The normalized spacial score (nSPS) is 11.4. The number of aromatic nitrogens is 4. The summed E-state index contributed by atoms with van der Waals surface area (Å²) >= 11 is 0. The van der Waals surface area contributed by atoms with E-state index in [1.807, 2.05) is 158 Å². The summed E-state index contributed by atoms with van der Waals surface area (Å²) < 4.78 is 71.1. The van der Waals surface area contributed by atoms with Gasteiger partial charge in [-0.1, -0.05) is 146 Å². The zero-order valence-electron chi connectivity index (χ0n) is 33.4. The van der Waals surface area contributed by atoms with Gasteiger partial charge in [0, 0.05) is 33.9 Å². The first-order chi connectivity index (χ1) is 29.0. The topological polar surface area (TPSA) is 166 Å². The molecule has 0 saturated carbocycles. The minimum atomic E-state index is -4.74. The average Bonchev–Trinajstić information content (AvgIpc) is 3.28. The third-order valence-electron chi connectivity index (χ3n) is 10.2. The van der Waals surface area contributed by atoms with Crippen LogP contribution in [0.25, 0.3) is 88.1 Å². The summed E-state index contributed by atoms with van der Waals surface area (Å²) in [6.45, 7) is 0. The molecule has 0 aliphatic carbocycles. The van der Waals surface area contributed by atoms with E-state index in [-0.39, 0.29) is 59.1 Å². The van der Waals surface area contributed by atoms with Gasteiger partial charge < -0.3 is 9.11 Å². The van der Waals surface area contributed by atoms with Crippen LogP contribution in [0.3, 0.4) is 0 Å². The van der Waals surface area contributed by atoms with E-state index in [9.17, 15) is 25.9 Å². The van der Waals surface area contributed by atoms with Crippen LogP contribution in [-0.2, 0) is 20.2 Å². The molecule has 292 valence electrons. The maximum atomic E-state index is 11.8. The van der Waals surface area contributed by atoms with Gasteiger partial charge in [-0.2, -0.15) is 0 Å². The number of hydrogen-bond donors (Lipinski definition) is 0. The van der Waals surface area contributed by atoms with E-state index < -0.39 is 30.3 Å². The minimum absolute atomic E-state index is 0. The number of nitrogens with zero attached hydrogens (tertiary/aromatic N) is 4.